The minimum absolute atomic E-state index is 0.171. The molecule has 1 atom stereocenters. The van der Waals surface area contributed by atoms with Crippen molar-refractivity contribution in [3.63, 3.8) is 0 Å². The van der Waals surface area contributed by atoms with Crippen molar-refractivity contribution in [2.75, 3.05) is 0 Å². The monoisotopic (exact) mass is 240 g/mol. The molecule has 2 aromatic rings. The highest BCUT2D eigenvalue weighted by Crippen LogP contribution is 2.47. The van der Waals surface area contributed by atoms with Crippen LogP contribution in [-0.4, -0.2) is 4.98 Å². The van der Waals surface area contributed by atoms with E-state index in [0.29, 0.717) is 5.41 Å². The second-order valence-corrected chi connectivity index (χ2v) is 6.41. The molecular formula is C16H20N2. The summed E-state index contributed by atoms with van der Waals surface area (Å²) in [6.45, 7) is 4.61. The van der Waals surface area contributed by atoms with Gasteiger partial charge >= 0.3 is 0 Å². The van der Waals surface area contributed by atoms with Gasteiger partial charge in [-0.25, -0.2) is 0 Å². The van der Waals surface area contributed by atoms with Crippen LogP contribution in [-0.2, 0) is 5.54 Å². The Kier molecular flexibility index (Phi) is 2.46. The van der Waals surface area contributed by atoms with Crippen molar-refractivity contribution in [3.8, 4) is 0 Å². The van der Waals surface area contributed by atoms with Crippen LogP contribution in [0.4, 0.5) is 0 Å². The topological polar surface area (TPSA) is 38.9 Å². The maximum absolute atomic E-state index is 6.62. The zero-order chi connectivity index (χ0) is 12.8. The van der Waals surface area contributed by atoms with Gasteiger partial charge < -0.3 is 5.73 Å². The summed E-state index contributed by atoms with van der Waals surface area (Å²) >= 11 is 0. The highest BCUT2D eigenvalue weighted by molar-refractivity contribution is 5.79. The van der Waals surface area contributed by atoms with Gasteiger partial charge in [-0.05, 0) is 42.4 Å². The van der Waals surface area contributed by atoms with Crippen LogP contribution in [0.3, 0.4) is 0 Å². The fourth-order valence-electron chi connectivity index (χ4n) is 3.21. The Labute approximate surface area is 108 Å². The number of pyridine rings is 1. The van der Waals surface area contributed by atoms with Crippen LogP contribution in [0.15, 0.2) is 36.5 Å². The molecule has 2 heteroatoms. The average molecular weight is 240 g/mol. The Balaban J connectivity index is 2.04. The Hall–Kier alpha value is -1.41. The van der Waals surface area contributed by atoms with Crippen LogP contribution >= 0.6 is 0 Å². The minimum Gasteiger partial charge on any atom is -0.321 e. The third-order valence-electron chi connectivity index (χ3n) is 4.22. The van der Waals surface area contributed by atoms with Crippen molar-refractivity contribution < 1.29 is 0 Å². The molecule has 0 amide bonds. The van der Waals surface area contributed by atoms with Gasteiger partial charge in [-0.3, -0.25) is 4.98 Å². The molecule has 0 aliphatic heterocycles. The van der Waals surface area contributed by atoms with Crippen LogP contribution < -0.4 is 5.73 Å². The first-order valence-electron chi connectivity index (χ1n) is 6.63. The van der Waals surface area contributed by atoms with Gasteiger partial charge in [-0.2, -0.15) is 0 Å². The van der Waals surface area contributed by atoms with E-state index in [9.17, 15) is 0 Å². The summed E-state index contributed by atoms with van der Waals surface area (Å²) in [6, 6.07) is 10.5. The quantitative estimate of drug-likeness (QED) is 0.827. The molecule has 1 heterocycles. The summed E-state index contributed by atoms with van der Waals surface area (Å²) < 4.78 is 0. The van der Waals surface area contributed by atoms with Gasteiger partial charge in [0.05, 0.1) is 5.52 Å². The summed E-state index contributed by atoms with van der Waals surface area (Å²) in [4.78, 5) is 4.43. The lowest BCUT2D eigenvalue weighted by Gasteiger charge is -2.27. The summed E-state index contributed by atoms with van der Waals surface area (Å²) in [5.74, 6) is 0. The normalized spacial score (nSPS) is 26.6. The first kappa shape index (κ1) is 11.7. The number of benzene rings is 1. The molecule has 0 spiro atoms. The van der Waals surface area contributed by atoms with Crippen molar-refractivity contribution in [1.82, 2.24) is 4.98 Å². The van der Waals surface area contributed by atoms with E-state index in [0.717, 1.165) is 18.4 Å². The van der Waals surface area contributed by atoms with Crippen molar-refractivity contribution in [3.05, 3.63) is 42.1 Å². The molecular weight excluding hydrogens is 220 g/mol. The number of hydrogen-bond acceptors (Lipinski definition) is 2. The number of rotatable bonds is 1. The minimum atomic E-state index is -0.171. The SMILES string of the molecule is CC1(C)CCC(N)(c2ccc3cccnc3c2)C1. The second-order valence-electron chi connectivity index (χ2n) is 6.41. The van der Waals surface area contributed by atoms with Gasteiger partial charge in [-0.1, -0.05) is 32.0 Å². The molecule has 1 aliphatic carbocycles. The van der Waals surface area contributed by atoms with Gasteiger partial charge in [0.2, 0.25) is 0 Å². The van der Waals surface area contributed by atoms with Crippen molar-refractivity contribution in [2.24, 2.45) is 11.1 Å². The second kappa shape index (κ2) is 3.79. The molecule has 0 bridgehead atoms. The van der Waals surface area contributed by atoms with Crippen LogP contribution in [0.2, 0.25) is 0 Å². The Morgan fingerprint density at radius 1 is 1.17 bits per heavy atom. The van der Waals surface area contributed by atoms with Crippen LogP contribution in [0, 0.1) is 5.41 Å². The van der Waals surface area contributed by atoms with Crippen LogP contribution in [0.25, 0.3) is 10.9 Å². The van der Waals surface area contributed by atoms with E-state index in [4.69, 9.17) is 5.73 Å². The summed E-state index contributed by atoms with van der Waals surface area (Å²) in [6.07, 6.45) is 5.16. The lowest BCUT2D eigenvalue weighted by molar-refractivity contribution is 0.340. The first-order chi connectivity index (χ1) is 8.49. The molecule has 0 radical (unpaired) electrons. The van der Waals surface area contributed by atoms with E-state index >= 15 is 0 Å². The van der Waals surface area contributed by atoms with Gasteiger partial charge in [0, 0.05) is 17.1 Å². The summed E-state index contributed by atoms with van der Waals surface area (Å²) in [5.41, 5.74) is 9.08. The standard InChI is InChI=1S/C16H20N2/c1-15(2)7-8-16(17,11-15)13-6-5-12-4-3-9-18-14(12)10-13/h3-6,9-10H,7-8,11,17H2,1-2H3. The summed E-state index contributed by atoms with van der Waals surface area (Å²) in [5, 5.41) is 1.18. The molecule has 2 N–H and O–H groups in total. The van der Waals surface area contributed by atoms with E-state index in [2.05, 4.69) is 43.1 Å². The highest BCUT2D eigenvalue weighted by atomic mass is 14.8. The average Bonchev–Trinajstić information content (AvgIpc) is 2.64. The smallest absolute Gasteiger partial charge is 0.0705 e. The third kappa shape index (κ3) is 1.91. The van der Waals surface area contributed by atoms with E-state index in [1.165, 1.54) is 17.4 Å². The maximum Gasteiger partial charge on any atom is 0.0705 e. The van der Waals surface area contributed by atoms with E-state index in [1.54, 1.807) is 0 Å². The number of nitrogens with zero attached hydrogens (tertiary/aromatic N) is 1. The molecule has 18 heavy (non-hydrogen) atoms. The van der Waals surface area contributed by atoms with Crippen LogP contribution in [0.1, 0.15) is 38.7 Å². The largest absolute Gasteiger partial charge is 0.321 e. The first-order valence-corrected chi connectivity index (χ1v) is 6.63. The fraction of sp³-hybridized carbons (Fsp3) is 0.438. The molecule has 1 saturated carbocycles. The van der Waals surface area contributed by atoms with Gasteiger partial charge in [0.15, 0.2) is 0 Å². The molecule has 2 nitrogen and oxygen atoms in total. The molecule has 3 rings (SSSR count). The van der Waals surface area contributed by atoms with E-state index < -0.39 is 0 Å². The fourth-order valence-corrected chi connectivity index (χ4v) is 3.21. The molecule has 94 valence electrons. The predicted molar refractivity (Wildman–Crippen MR) is 75.2 cm³/mol. The van der Waals surface area contributed by atoms with Gasteiger partial charge in [-0.15, -0.1) is 0 Å². The number of hydrogen-bond donors (Lipinski definition) is 1. The Morgan fingerprint density at radius 2 is 2.00 bits per heavy atom. The van der Waals surface area contributed by atoms with Crippen molar-refractivity contribution >= 4 is 10.9 Å². The van der Waals surface area contributed by atoms with Crippen molar-refractivity contribution in [2.45, 2.75) is 38.6 Å². The van der Waals surface area contributed by atoms with Gasteiger partial charge in [0.1, 0.15) is 0 Å². The summed E-state index contributed by atoms with van der Waals surface area (Å²) in [7, 11) is 0. The lowest BCUT2D eigenvalue weighted by Crippen LogP contribution is -2.34. The third-order valence-corrected chi connectivity index (χ3v) is 4.22. The predicted octanol–water partition coefficient (Wildman–Crippen LogP) is 3.60. The van der Waals surface area contributed by atoms with Crippen molar-refractivity contribution in [1.29, 1.82) is 0 Å². The maximum atomic E-state index is 6.62. The Morgan fingerprint density at radius 3 is 2.72 bits per heavy atom. The lowest BCUT2D eigenvalue weighted by atomic mass is 9.84. The molecule has 0 saturated heterocycles. The highest BCUT2D eigenvalue weighted by Gasteiger charge is 2.41. The zero-order valence-electron chi connectivity index (χ0n) is 11.1. The van der Waals surface area contributed by atoms with Gasteiger partial charge in [0.25, 0.3) is 0 Å². The molecule has 1 aromatic heterocycles. The molecule has 1 aromatic carbocycles. The molecule has 1 unspecified atom stereocenters. The number of fused-ring (bicyclic) bond motifs is 1. The molecule has 1 aliphatic rings. The number of aromatic nitrogens is 1. The molecule has 1 fully saturated rings. The van der Waals surface area contributed by atoms with E-state index in [-0.39, 0.29) is 5.54 Å². The Bertz CT molecular complexity index is 588. The van der Waals surface area contributed by atoms with E-state index in [1.807, 2.05) is 12.3 Å². The zero-order valence-corrected chi connectivity index (χ0v) is 11.1. The van der Waals surface area contributed by atoms with Crippen LogP contribution in [0.5, 0.6) is 0 Å². The number of nitrogens with two attached hydrogens (primary N) is 1.